The molecule has 2 aromatic rings. The van der Waals surface area contributed by atoms with Gasteiger partial charge in [-0.2, -0.15) is 0 Å². The molecule has 5 heteroatoms. The average molecular weight is 374 g/mol. The molecule has 0 unspecified atom stereocenters. The van der Waals surface area contributed by atoms with Gasteiger partial charge >= 0.3 is 0 Å². The minimum atomic E-state index is -0.497. The number of carbonyl (C=O) groups excluding carboxylic acids is 2. The van der Waals surface area contributed by atoms with Gasteiger partial charge in [-0.25, -0.2) is 0 Å². The third-order valence-corrected chi connectivity index (χ3v) is 4.40. The third kappa shape index (κ3) is 2.88. The van der Waals surface area contributed by atoms with Gasteiger partial charge in [0.15, 0.2) is 0 Å². The maximum absolute atomic E-state index is 12.2. The number of hydrogen-bond acceptors (Lipinski definition) is 3. The van der Waals surface area contributed by atoms with Crippen LogP contribution in [0, 0.1) is 13.8 Å². The summed E-state index contributed by atoms with van der Waals surface area (Å²) in [6, 6.07) is 11.2. The molecular weight excluding hydrogens is 358 g/mol. The molecule has 0 fully saturated rings. The number of hydrogen-bond donors (Lipinski definition) is 0. The van der Waals surface area contributed by atoms with Gasteiger partial charge in [0, 0.05) is 4.47 Å². The monoisotopic (exact) mass is 373 g/mol. The molecule has 0 saturated carbocycles. The molecule has 0 spiro atoms. The zero-order valence-electron chi connectivity index (χ0n) is 12.9. The van der Waals surface area contributed by atoms with Crippen molar-refractivity contribution in [3.8, 4) is 5.75 Å². The Morgan fingerprint density at radius 2 is 1.78 bits per heavy atom. The topological polar surface area (TPSA) is 46.6 Å². The number of Topliss-reactive ketones (excluding diaryl/α,β-unsaturated/α-hetero) is 1. The van der Waals surface area contributed by atoms with Crippen LogP contribution in [0.1, 0.15) is 21.5 Å². The molecule has 1 heterocycles. The van der Waals surface area contributed by atoms with Crippen LogP contribution in [0.4, 0.5) is 5.69 Å². The highest BCUT2D eigenvalue weighted by molar-refractivity contribution is 9.10. The summed E-state index contributed by atoms with van der Waals surface area (Å²) in [7, 11) is 0. The Morgan fingerprint density at radius 3 is 2.48 bits per heavy atom. The highest BCUT2D eigenvalue weighted by Crippen LogP contribution is 2.31. The summed E-state index contributed by atoms with van der Waals surface area (Å²) in [6.45, 7) is 4.65. The van der Waals surface area contributed by atoms with Crippen molar-refractivity contribution in [2.45, 2.75) is 13.8 Å². The highest BCUT2D eigenvalue weighted by Gasteiger charge is 2.35. The zero-order valence-corrected chi connectivity index (χ0v) is 14.5. The number of halogens is 1. The van der Waals surface area contributed by atoms with Gasteiger partial charge in [-0.15, -0.1) is 0 Å². The van der Waals surface area contributed by atoms with E-state index in [-0.39, 0.29) is 0 Å². The smallest absolute Gasteiger partial charge is 0.299 e. The summed E-state index contributed by atoms with van der Waals surface area (Å²) >= 11 is 3.32. The molecule has 0 saturated heterocycles. The van der Waals surface area contributed by atoms with Gasteiger partial charge in [0.05, 0.1) is 17.8 Å². The molecule has 1 amide bonds. The Balaban J connectivity index is 1.75. The third-order valence-electron chi connectivity index (χ3n) is 3.90. The molecule has 0 N–H and O–H groups in total. The first-order valence-corrected chi connectivity index (χ1v) is 8.13. The number of ether oxygens (including phenoxy) is 1. The number of fused-ring (bicyclic) bond motifs is 1. The van der Waals surface area contributed by atoms with Crippen LogP contribution in [0.15, 0.2) is 40.9 Å². The van der Waals surface area contributed by atoms with E-state index in [1.807, 2.05) is 38.1 Å². The van der Waals surface area contributed by atoms with Crippen LogP contribution >= 0.6 is 15.9 Å². The van der Waals surface area contributed by atoms with Crippen molar-refractivity contribution in [1.82, 2.24) is 0 Å². The van der Waals surface area contributed by atoms with Crippen molar-refractivity contribution in [1.29, 1.82) is 0 Å². The van der Waals surface area contributed by atoms with Crippen molar-refractivity contribution < 1.29 is 14.3 Å². The Morgan fingerprint density at radius 1 is 1.09 bits per heavy atom. The Labute approximate surface area is 143 Å². The molecule has 1 aliphatic rings. The number of amides is 1. The second kappa shape index (κ2) is 6.16. The van der Waals surface area contributed by atoms with E-state index >= 15 is 0 Å². The molecular formula is C18H16BrNO3. The molecule has 1 aliphatic heterocycles. The lowest BCUT2D eigenvalue weighted by Gasteiger charge is -2.18. The predicted molar refractivity (Wildman–Crippen MR) is 92.2 cm³/mol. The van der Waals surface area contributed by atoms with Gasteiger partial charge in [-0.05, 0) is 43.2 Å². The lowest BCUT2D eigenvalue weighted by molar-refractivity contribution is -0.114. The van der Waals surface area contributed by atoms with Crippen molar-refractivity contribution in [3.05, 3.63) is 57.6 Å². The van der Waals surface area contributed by atoms with Crippen LogP contribution in [0.3, 0.4) is 0 Å². The molecule has 0 atom stereocenters. The molecule has 118 valence electrons. The highest BCUT2D eigenvalue weighted by atomic mass is 79.9. The molecule has 0 aliphatic carbocycles. The Hall–Kier alpha value is -2.14. The van der Waals surface area contributed by atoms with E-state index < -0.39 is 11.7 Å². The van der Waals surface area contributed by atoms with Crippen molar-refractivity contribution >= 4 is 33.3 Å². The molecule has 23 heavy (non-hydrogen) atoms. The first-order valence-electron chi connectivity index (χ1n) is 7.34. The molecule has 0 bridgehead atoms. The number of nitrogens with zero attached hydrogens (tertiary/aromatic N) is 1. The zero-order chi connectivity index (χ0) is 16.6. The number of para-hydroxylation sites is 1. The lowest BCUT2D eigenvalue weighted by Crippen LogP contribution is -2.33. The minimum absolute atomic E-state index is 0.334. The van der Waals surface area contributed by atoms with Gasteiger partial charge < -0.3 is 9.64 Å². The van der Waals surface area contributed by atoms with Crippen LogP contribution < -0.4 is 9.64 Å². The van der Waals surface area contributed by atoms with Crippen LogP contribution in [0.2, 0.25) is 0 Å². The molecule has 0 radical (unpaired) electrons. The molecule has 4 nitrogen and oxygen atoms in total. The molecule has 2 aromatic carbocycles. The van der Waals surface area contributed by atoms with E-state index in [1.165, 1.54) is 4.90 Å². The largest absolute Gasteiger partial charge is 0.491 e. The summed E-state index contributed by atoms with van der Waals surface area (Å²) in [5.41, 5.74) is 3.20. The summed E-state index contributed by atoms with van der Waals surface area (Å²) in [5.74, 6) is -0.127. The van der Waals surface area contributed by atoms with Crippen molar-refractivity contribution in [2.24, 2.45) is 0 Å². The normalized spacial score (nSPS) is 13.4. The van der Waals surface area contributed by atoms with Crippen molar-refractivity contribution in [2.75, 3.05) is 18.1 Å². The van der Waals surface area contributed by atoms with E-state index in [9.17, 15) is 9.59 Å². The van der Waals surface area contributed by atoms with Gasteiger partial charge in [0.1, 0.15) is 12.4 Å². The van der Waals surface area contributed by atoms with E-state index in [4.69, 9.17) is 4.74 Å². The van der Waals surface area contributed by atoms with E-state index in [1.54, 1.807) is 12.1 Å². The summed E-state index contributed by atoms with van der Waals surface area (Å²) in [6.07, 6.45) is 0. The Bertz CT molecular complexity index is 781. The standard InChI is InChI=1S/C18H16BrNO3/c1-11-4-3-5-12(2)17(11)23-9-8-20-15-7-6-13(19)10-14(15)16(21)18(20)22/h3-7,10H,8-9H2,1-2H3. The predicted octanol–water partition coefficient (Wildman–Crippen LogP) is 3.67. The van der Waals surface area contributed by atoms with Gasteiger partial charge in [0.25, 0.3) is 11.7 Å². The number of benzene rings is 2. The van der Waals surface area contributed by atoms with Crippen LogP contribution in [-0.2, 0) is 4.79 Å². The SMILES string of the molecule is Cc1cccc(C)c1OCCN1C(=O)C(=O)c2cc(Br)ccc21. The number of aryl methyl sites for hydroxylation is 2. The van der Waals surface area contributed by atoms with Gasteiger partial charge in [-0.3, -0.25) is 9.59 Å². The number of anilines is 1. The van der Waals surface area contributed by atoms with Crippen LogP contribution in [-0.4, -0.2) is 24.8 Å². The van der Waals surface area contributed by atoms with Gasteiger partial charge in [0.2, 0.25) is 0 Å². The van der Waals surface area contributed by atoms with E-state index in [0.717, 1.165) is 21.3 Å². The molecule has 3 rings (SSSR count). The quantitative estimate of drug-likeness (QED) is 0.768. The van der Waals surface area contributed by atoms with Crippen LogP contribution in [0.25, 0.3) is 0 Å². The molecule has 0 aromatic heterocycles. The first-order chi connectivity index (χ1) is 11.0. The summed E-state index contributed by atoms with van der Waals surface area (Å²) < 4.78 is 6.62. The number of carbonyl (C=O) groups is 2. The summed E-state index contributed by atoms with van der Waals surface area (Å²) in [4.78, 5) is 25.7. The maximum Gasteiger partial charge on any atom is 0.299 e. The number of ketones is 1. The second-order valence-electron chi connectivity index (χ2n) is 5.52. The fourth-order valence-electron chi connectivity index (χ4n) is 2.76. The van der Waals surface area contributed by atoms with Crippen LogP contribution in [0.5, 0.6) is 5.75 Å². The summed E-state index contributed by atoms with van der Waals surface area (Å²) in [5, 5.41) is 0. The maximum atomic E-state index is 12.2. The number of rotatable bonds is 4. The second-order valence-corrected chi connectivity index (χ2v) is 6.43. The fourth-order valence-corrected chi connectivity index (χ4v) is 3.12. The fraction of sp³-hybridized carbons (Fsp3) is 0.222. The Kier molecular flexibility index (Phi) is 4.22. The van der Waals surface area contributed by atoms with Crippen molar-refractivity contribution in [3.63, 3.8) is 0 Å². The van der Waals surface area contributed by atoms with Gasteiger partial charge in [-0.1, -0.05) is 34.1 Å². The van der Waals surface area contributed by atoms with E-state index in [2.05, 4.69) is 15.9 Å². The average Bonchev–Trinajstić information content (AvgIpc) is 2.75. The lowest BCUT2D eigenvalue weighted by atomic mass is 10.1. The minimum Gasteiger partial charge on any atom is -0.491 e. The first kappa shape index (κ1) is 15.7. The van der Waals surface area contributed by atoms with E-state index in [0.29, 0.717) is 24.4 Å².